The first-order valence-electron chi connectivity index (χ1n) is 10.5. The number of fused-ring (bicyclic) bond motifs is 1. The van der Waals surface area contributed by atoms with Gasteiger partial charge in [0.15, 0.2) is 0 Å². The first kappa shape index (κ1) is 21.6. The number of nitriles is 1. The summed E-state index contributed by atoms with van der Waals surface area (Å²) < 4.78 is 12.7. The fraction of sp³-hybridized carbons (Fsp3) is 0.185. The SMILES string of the molecule is CC(C)C(C(=O)OC(C#N)c1cccc(Oc2ccccc2)c1)c1cc2ccccc2s1. The van der Waals surface area contributed by atoms with Gasteiger partial charge in [0.2, 0.25) is 6.10 Å². The van der Waals surface area contributed by atoms with Crippen LogP contribution in [0.4, 0.5) is 0 Å². The van der Waals surface area contributed by atoms with Crippen LogP contribution in [0.5, 0.6) is 11.5 Å². The van der Waals surface area contributed by atoms with E-state index >= 15 is 0 Å². The molecule has 1 heterocycles. The summed E-state index contributed by atoms with van der Waals surface area (Å²) in [5.41, 5.74) is 0.577. The smallest absolute Gasteiger partial charge is 0.316 e. The Bertz CT molecular complexity index is 1220. The Hall–Kier alpha value is -3.62. The molecule has 5 heteroatoms. The number of carbonyl (C=O) groups is 1. The maximum absolute atomic E-state index is 13.2. The van der Waals surface area contributed by atoms with Crippen molar-refractivity contribution in [3.63, 3.8) is 0 Å². The van der Waals surface area contributed by atoms with Crippen LogP contribution in [0, 0.1) is 17.2 Å². The van der Waals surface area contributed by atoms with Crippen molar-refractivity contribution in [2.24, 2.45) is 5.92 Å². The largest absolute Gasteiger partial charge is 0.457 e. The third kappa shape index (κ3) is 4.82. The highest BCUT2D eigenvalue weighted by molar-refractivity contribution is 7.19. The molecule has 0 spiro atoms. The summed E-state index contributed by atoms with van der Waals surface area (Å²) in [5.74, 6) is 0.469. The third-order valence-corrected chi connectivity index (χ3v) is 6.36. The van der Waals surface area contributed by atoms with Crippen molar-refractivity contribution < 1.29 is 14.3 Å². The van der Waals surface area contributed by atoms with E-state index in [0.29, 0.717) is 17.1 Å². The van der Waals surface area contributed by atoms with E-state index < -0.39 is 18.0 Å². The van der Waals surface area contributed by atoms with Crippen molar-refractivity contribution in [2.75, 3.05) is 0 Å². The minimum atomic E-state index is -1.02. The maximum atomic E-state index is 13.2. The van der Waals surface area contributed by atoms with Crippen LogP contribution in [0.1, 0.15) is 36.3 Å². The summed E-state index contributed by atoms with van der Waals surface area (Å²) in [6.07, 6.45) is -1.02. The highest BCUT2D eigenvalue weighted by Gasteiger charge is 2.30. The van der Waals surface area contributed by atoms with E-state index in [0.717, 1.165) is 15.0 Å². The maximum Gasteiger partial charge on any atom is 0.316 e. The minimum absolute atomic E-state index is 0.0302. The van der Waals surface area contributed by atoms with Gasteiger partial charge in [-0.2, -0.15) is 5.26 Å². The molecule has 0 radical (unpaired) electrons. The van der Waals surface area contributed by atoms with E-state index in [1.54, 1.807) is 35.6 Å². The molecule has 0 fully saturated rings. The van der Waals surface area contributed by atoms with E-state index in [-0.39, 0.29) is 5.92 Å². The van der Waals surface area contributed by atoms with Gasteiger partial charge in [0.05, 0.1) is 5.92 Å². The summed E-state index contributed by atoms with van der Waals surface area (Å²) >= 11 is 1.59. The molecule has 3 aromatic carbocycles. The molecule has 0 bridgehead atoms. The van der Waals surface area contributed by atoms with Crippen molar-refractivity contribution in [2.45, 2.75) is 25.9 Å². The highest BCUT2D eigenvalue weighted by Crippen LogP contribution is 2.37. The van der Waals surface area contributed by atoms with Crippen LogP contribution in [0.2, 0.25) is 0 Å². The number of ether oxygens (including phenoxy) is 2. The van der Waals surface area contributed by atoms with Crippen molar-refractivity contribution >= 4 is 27.4 Å². The molecule has 4 aromatic rings. The van der Waals surface area contributed by atoms with Gasteiger partial charge in [-0.25, -0.2) is 0 Å². The number of para-hydroxylation sites is 1. The number of hydrogen-bond donors (Lipinski definition) is 0. The number of esters is 1. The lowest BCUT2D eigenvalue weighted by molar-refractivity contribution is -0.149. The second-order valence-electron chi connectivity index (χ2n) is 7.84. The van der Waals surface area contributed by atoms with Crippen molar-refractivity contribution in [1.82, 2.24) is 0 Å². The number of thiophene rings is 1. The fourth-order valence-corrected chi connectivity index (χ4v) is 4.92. The normalized spacial score (nSPS) is 12.8. The molecule has 32 heavy (non-hydrogen) atoms. The molecule has 2 atom stereocenters. The van der Waals surface area contributed by atoms with Gasteiger partial charge < -0.3 is 9.47 Å². The molecule has 0 aliphatic heterocycles. The Morgan fingerprint density at radius 3 is 2.34 bits per heavy atom. The molecule has 1 aromatic heterocycles. The third-order valence-electron chi connectivity index (χ3n) is 5.16. The van der Waals surface area contributed by atoms with Crippen LogP contribution < -0.4 is 4.74 Å². The number of carbonyl (C=O) groups excluding carboxylic acids is 1. The molecule has 2 unspecified atom stereocenters. The summed E-state index contributed by atoms with van der Waals surface area (Å²) in [6.45, 7) is 3.98. The first-order chi connectivity index (χ1) is 15.5. The monoisotopic (exact) mass is 441 g/mol. The Labute approximate surface area is 191 Å². The summed E-state index contributed by atoms with van der Waals surface area (Å²) in [5, 5.41) is 10.9. The predicted molar refractivity (Wildman–Crippen MR) is 127 cm³/mol. The Morgan fingerprint density at radius 2 is 1.62 bits per heavy atom. The van der Waals surface area contributed by atoms with Crippen LogP contribution >= 0.6 is 11.3 Å². The minimum Gasteiger partial charge on any atom is -0.457 e. The van der Waals surface area contributed by atoms with Crippen LogP contribution in [0.3, 0.4) is 0 Å². The van der Waals surface area contributed by atoms with Gasteiger partial charge in [0, 0.05) is 15.1 Å². The van der Waals surface area contributed by atoms with E-state index in [1.165, 1.54) is 0 Å². The van der Waals surface area contributed by atoms with Gasteiger partial charge in [-0.3, -0.25) is 4.79 Å². The Morgan fingerprint density at radius 1 is 0.906 bits per heavy atom. The topological polar surface area (TPSA) is 59.3 Å². The molecule has 4 rings (SSSR count). The lowest BCUT2D eigenvalue weighted by Gasteiger charge is -2.20. The molecule has 0 aliphatic carbocycles. The van der Waals surface area contributed by atoms with E-state index in [1.807, 2.05) is 74.5 Å². The highest BCUT2D eigenvalue weighted by atomic mass is 32.1. The molecule has 160 valence electrons. The summed E-state index contributed by atoms with van der Waals surface area (Å²) in [6, 6.07) is 28.7. The zero-order chi connectivity index (χ0) is 22.5. The summed E-state index contributed by atoms with van der Waals surface area (Å²) in [4.78, 5) is 14.1. The number of nitrogens with zero attached hydrogens (tertiary/aromatic N) is 1. The number of hydrogen-bond acceptors (Lipinski definition) is 5. The van der Waals surface area contributed by atoms with Crippen molar-refractivity contribution in [3.8, 4) is 17.6 Å². The van der Waals surface area contributed by atoms with Gasteiger partial charge in [0.1, 0.15) is 17.6 Å². The molecule has 0 N–H and O–H groups in total. The standard InChI is InChI=1S/C27H23NO3S/c1-18(2)26(25-16-20-9-6-7-14-24(20)32-25)27(29)31-23(17-28)19-10-8-13-22(15-19)30-21-11-4-3-5-12-21/h3-16,18,23,26H,1-2H3. The lowest BCUT2D eigenvalue weighted by Crippen LogP contribution is -2.22. The second-order valence-corrected chi connectivity index (χ2v) is 8.96. The quantitative estimate of drug-likeness (QED) is 0.284. The average Bonchev–Trinajstić information content (AvgIpc) is 3.21. The first-order valence-corrected chi connectivity index (χ1v) is 11.3. The molecule has 0 amide bonds. The van der Waals surface area contributed by atoms with Crippen molar-refractivity contribution in [1.29, 1.82) is 5.26 Å². The van der Waals surface area contributed by atoms with Gasteiger partial charge in [0.25, 0.3) is 0 Å². The molecular formula is C27H23NO3S. The van der Waals surface area contributed by atoms with E-state index in [4.69, 9.17) is 9.47 Å². The van der Waals surface area contributed by atoms with Crippen LogP contribution in [0.25, 0.3) is 10.1 Å². The molecule has 0 saturated carbocycles. The van der Waals surface area contributed by atoms with Crippen LogP contribution in [0.15, 0.2) is 84.9 Å². The van der Waals surface area contributed by atoms with E-state index in [9.17, 15) is 10.1 Å². The van der Waals surface area contributed by atoms with Gasteiger partial charge in [-0.15, -0.1) is 11.3 Å². The second kappa shape index (κ2) is 9.67. The molecule has 0 aliphatic rings. The average molecular weight is 442 g/mol. The zero-order valence-corrected chi connectivity index (χ0v) is 18.7. The van der Waals surface area contributed by atoms with Crippen LogP contribution in [-0.4, -0.2) is 5.97 Å². The number of benzene rings is 3. The fourth-order valence-electron chi connectivity index (χ4n) is 3.60. The number of rotatable bonds is 7. The predicted octanol–water partition coefficient (Wildman–Crippen LogP) is 7.24. The molecule has 4 nitrogen and oxygen atoms in total. The Balaban J connectivity index is 1.55. The van der Waals surface area contributed by atoms with E-state index in [2.05, 4.69) is 6.07 Å². The van der Waals surface area contributed by atoms with Gasteiger partial charge >= 0.3 is 5.97 Å². The van der Waals surface area contributed by atoms with Crippen molar-refractivity contribution in [3.05, 3.63) is 95.4 Å². The zero-order valence-electron chi connectivity index (χ0n) is 17.9. The molecular weight excluding hydrogens is 418 g/mol. The lowest BCUT2D eigenvalue weighted by atomic mass is 9.94. The summed E-state index contributed by atoms with van der Waals surface area (Å²) in [7, 11) is 0. The van der Waals surface area contributed by atoms with Gasteiger partial charge in [-0.05, 0) is 47.7 Å². The van der Waals surface area contributed by atoms with Gasteiger partial charge in [-0.1, -0.05) is 62.4 Å². The Kier molecular flexibility index (Phi) is 6.53. The molecule has 0 saturated heterocycles. The van der Waals surface area contributed by atoms with Crippen LogP contribution in [-0.2, 0) is 9.53 Å².